The average Bonchev–Trinajstić information content (AvgIpc) is 2.27. The molecule has 0 bridgehead atoms. The van der Waals surface area contributed by atoms with Crippen LogP contribution in [0.1, 0.15) is 0 Å². The van der Waals surface area contributed by atoms with Gasteiger partial charge in [0.2, 0.25) is 0 Å². The van der Waals surface area contributed by atoms with Crippen molar-refractivity contribution < 1.29 is 12.8 Å². The maximum atomic E-state index is 12.9. The molecule has 0 atom stereocenters. The predicted molar refractivity (Wildman–Crippen MR) is 80.8 cm³/mol. The summed E-state index contributed by atoms with van der Waals surface area (Å²) in [5.74, 6) is -0.578. The number of benzene rings is 2. The van der Waals surface area contributed by atoms with Crippen LogP contribution in [0.15, 0.2) is 47.4 Å². The van der Waals surface area contributed by atoms with Gasteiger partial charge in [-0.1, -0.05) is 6.07 Å². The number of halogens is 2. The van der Waals surface area contributed by atoms with Gasteiger partial charge < -0.3 is 5.73 Å². The average molecular weight is 392 g/mol. The Morgan fingerprint density at radius 1 is 1.16 bits per heavy atom. The second kappa shape index (κ2) is 5.33. The topological polar surface area (TPSA) is 72.2 Å². The molecule has 0 saturated heterocycles. The summed E-state index contributed by atoms with van der Waals surface area (Å²) in [6.45, 7) is 0. The first-order valence-electron chi connectivity index (χ1n) is 5.22. The van der Waals surface area contributed by atoms with Crippen molar-refractivity contribution in [3.63, 3.8) is 0 Å². The number of rotatable bonds is 3. The van der Waals surface area contributed by atoms with E-state index in [0.717, 1.165) is 21.8 Å². The van der Waals surface area contributed by atoms with Gasteiger partial charge in [-0.25, -0.2) is 12.8 Å². The molecule has 0 fully saturated rings. The fraction of sp³-hybridized carbons (Fsp3) is 0. The lowest BCUT2D eigenvalue weighted by atomic mass is 10.3. The van der Waals surface area contributed by atoms with Gasteiger partial charge in [0.05, 0.1) is 5.69 Å². The van der Waals surface area contributed by atoms with Gasteiger partial charge in [0, 0.05) is 9.26 Å². The van der Waals surface area contributed by atoms with Crippen LogP contribution in [0.4, 0.5) is 15.8 Å². The van der Waals surface area contributed by atoms with Gasteiger partial charge in [-0.2, -0.15) is 0 Å². The Bertz CT molecular complexity index is 719. The molecule has 0 aromatic heterocycles. The molecule has 2 aromatic carbocycles. The van der Waals surface area contributed by atoms with E-state index in [1.807, 2.05) is 6.07 Å². The molecule has 0 aliphatic carbocycles. The molecule has 4 nitrogen and oxygen atoms in total. The Balaban J connectivity index is 2.38. The van der Waals surface area contributed by atoms with Crippen LogP contribution < -0.4 is 10.5 Å². The highest BCUT2D eigenvalue weighted by Gasteiger charge is 2.18. The molecule has 19 heavy (non-hydrogen) atoms. The minimum Gasteiger partial charge on any atom is -0.398 e. The number of anilines is 2. The van der Waals surface area contributed by atoms with Crippen molar-refractivity contribution in [1.82, 2.24) is 0 Å². The summed E-state index contributed by atoms with van der Waals surface area (Å²) in [5.41, 5.74) is 5.83. The molecule has 0 saturated carbocycles. The number of nitrogens with two attached hydrogens (primary N) is 1. The van der Waals surface area contributed by atoms with Crippen LogP contribution in [-0.4, -0.2) is 8.42 Å². The van der Waals surface area contributed by atoms with E-state index >= 15 is 0 Å². The molecular weight excluding hydrogens is 382 g/mol. The van der Waals surface area contributed by atoms with E-state index in [0.29, 0.717) is 5.69 Å². The Hall–Kier alpha value is -1.35. The zero-order valence-corrected chi connectivity index (χ0v) is 12.6. The van der Waals surface area contributed by atoms with Crippen molar-refractivity contribution in [3.05, 3.63) is 51.9 Å². The van der Waals surface area contributed by atoms with Crippen LogP contribution in [0.2, 0.25) is 0 Å². The van der Waals surface area contributed by atoms with Crippen molar-refractivity contribution in [2.45, 2.75) is 4.90 Å². The molecule has 2 aromatic rings. The molecule has 0 spiro atoms. The fourth-order valence-electron chi connectivity index (χ4n) is 1.53. The zero-order valence-electron chi connectivity index (χ0n) is 9.60. The van der Waals surface area contributed by atoms with E-state index in [9.17, 15) is 12.8 Å². The number of sulfonamides is 1. The van der Waals surface area contributed by atoms with Gasteiger partial charge in [-0.15, -0.1) is 0 Å². The normalized spacial score (nSPS) is 11.3. The molecule has 0 unspecified atom stereocenters. The van der Waals surface area contributed by atoms with Crippen LogP contribution in [0.3, 0.4) is 0 Å². The maximum absolute atomic E-state index is 12.9. The predicted octanol–water partition coefficient (Wildman–Crippen LogP) is 2.81. The minimum absolute atomic E-state index is 0.127. The van der Waals surface area contributed by atoms with E-state index < -0.39 is 15.8 Å². The van der Waals surface area contributed by atoms with Crippen molar-refractivity contribution in [3.8, 4) is 0 Å². The Kier molecular flexibility index (Phi) is 3.95. The first-order valence-corrected chi connectivity index (χ1v) is 7.78. The highest BCUT2D eigenvalue weighted by molar-refractivity contribution is 14.1. The summed E-state index contributed by atoms with van der Waals surface area (Å²) in [4.78, 5) is -0.146. The Labute approximate surface area is 124 Å². The van der Waals surface area contributed by atoms with Crippen LogP contribution in [-0.2, 0) is 10.0 Å². The highest BCUT2D eigenvalue weighted by Crippen LogP contribution is 2.23. The van der Waals surface area contributed by atoms with Gasteiger partial charge in [0.25, 0.3) is 10.0 Å². The fourth-order valence-corrected chi connectivity index (χ4v) is 3.23. The molecular formula is C12H10FIN2O2S. The zero-order chi connectivity index (χ0) is 14.0. The van der Waals surface area contributed by atoms with Crippen molar-refractivity contribution in [2.24, 2.45) is 0 Å². The summed E-state index contributed by atoms with van der Waals surface area (Å²) in [7, 11) is -3.82. The summed E-state index contributed by atoms with van der Waals surface area (Å²) >= 11 is 2.07. The molecule has 0 aliphatic rings. The third-order valence-corrected chi connectivity index (χ3v) is 4.46. The van der Waals surface area contributed by atoms with Crippen molar-refractivity contribution in [1.29, 1.82) is 0 Å². The SMILES string of the molecule is Nc1cc(F)ccc1S(=O)(=O)Nc1cccc(I)c1. The molecule has 0 heterocycles. The monoisotopic (exact) mass is 392 g/mol. The van der Waals surface area contributed by atoms with Crippen LogP contribution in [0.25, 0.3) is 0 Å². The molecule has 100 valence electrons. The second-order valence-electron chi connectivity index (χ2n) is 3.80. The molecule has 0 radical (unpaired) electrons. The lowest BCUT2D eigenvalue weighted by molar-refractivity contribution is 0.600. The first kappa shape index (κ1) is 14.1. The van der Waals surface area contributed by atoms with Crippen LogP contribution >= 0.6 is 22.6 Å². The van der Waals surface area contributed by atoms with E-state index in [2.05, 4.69) is 27.3 Å². The van der Waals surface area contributed by atoms with Gasteiger partial charge in [0.1, 0.15) is 10.7 Å². The Morgan fingerprint density at radius 3 is 2.53 bits per heavy atom. The lowest BCUT2D eigenvalue weighted by Gasteiger charge is -2.10. The standard InChI is InChI=1S/C12H10FIN2O2S/c13-8-4-5-12(11(15)6-8)19(17,18)16-10-3-1-2-9(14)7-10/h1-7,16H,15H2. The third-order valence-electron chi connectivity index (χ3n) is 2.34. The largest absolute Gasteiger partial charge is 0.398 e. The lowest BCUT2D eigenvalue weighted by Crippen LogP contribution is -2.15. The van der Waals surface area contributed by atoms with Gasteiger partial charge >= 0.3 is 0 Å². The summed E-state index contributed by atoms with van der Waals surface area (Å²) in [5, 5.41) is 0. The minimum atomic E-state index is -3.82. The third kappa shape index (κ3) is 3.35. The van der Waals surface area contributed by atoms with E-state index in [4.69, 9.17) is 5.73 Å². The van der Waals surface area contributed by atoms with Gasteiger partial charge in [-0.3, -0.25) is 4.72 Å². The van der Waals surface area contributed by atoms with Crippen molar-refractivity contribution >= 4 is 44.0 Å². The van der Waals surface area contributed by atoms with Gasteiger partial charge in [0.15, 0.2) is 0 Å². The Morgan fingerprint density at radius 2 is 1.89 bits per heavy atom. The molecule has 0 amide bonds. The van der Waals surface area contributed by atoms with E-state index in [-0.39, 0.29) is 10.6 Å². The van der Waals surface area contributed by atoms with Crippen LogP contribution in [0.5, 0.6) is 0 Å². The first-order chi connectivity index (χ1) is 8.88. The second-order valence-corrected chi connectivity index (χ2v) is 6.69. The van der Waals surface area contributed by atoms with E-state index in [1.165, 1.54) is 0 Å². The summed E-state index contributed by atoms with van der Waals surface area (Å²) < 4.78 is 40.5. The maximum Gasteiger partial charge on any atom is 0.263 e. The summed E-state index contributed by atoms with van der Waals surface area (Å²) in [6.07, 6.45) is 0. The van der Waals surface area contributed by atoms with E-state index in [1.54, 1.807) is 18.2 Å². The smallest absolute Gasteiger partial charge is 0.263 e. The molecule has 2 rings (SSSR count). The molecule has 7 heteroatoms. The number of nitrogen functional groups attached to an aromatic ring is 1. The van der Waals surface area contributed by atoms with Gasteiger partial charge in [-0.05, 0) is 59.0 Å². The number of hydrogen-bond donors (Lipinski definition) is 2. The molecule has 0 aliphatic heterocycles. The number of nitrogens with one attached hydrogen (secondary N) is 1. The highest BCUT2D eigenvalue weighted by atomic mass is 127. The molecule has 3 N–H and O–H groups in total. The number of hydrogen-bond acceptors (Lipinski definition) is 3. The summed E-state index contributed by atoms with van der Waals surface area (Å²) in [6, 6.07) is 10.0. The quantitative estimate of drug-likeness (QED) is 0.624. The van der Waals surface area contributed by atoms with Crippen LogP contribution in [0, 0.1) is 9.39 Å². The van der Waals surface area contributed by atoms with Crippen molar-refractivity contribution in [2.75, 3.05) is 10.5 Å².